The van der Waals surface area contributed by atoms with Crippen LogP contribution in [0.25, 0.3) is 6.08 Å². The molecule has 1 saturated heterocycles. The number of carbonyl (C=O) groups is 3. The number of carbonyl (C=O) groups excluding carboxylic acids is 2. The van der Waals surface area contributed by atoms with Gasteiger partial charge in [0.1, 0.15) is 6.04 Å². The second kappa shape index (κ2) is 6.53. The van der Waals surface area contributed by atoms with Gasteiger partial charge in [-0.2, -0.15) is 0 Å². The standard InChI is InChI=1S/C14H16N2O4S/c1-9-4-7-21-11(9)2-3-12(17)16-6-5-15-14(20)10(16)8-13(18)19/h2-4,7,10H,5-6,8H2,1H3,(H,15,20)(H,18,19). The van der Waals surface area contributed by atoms with Crippen LogP contribution < -0.4 is 5.32 Å². The van der Waals surface area contributed by atoms with Gasteiger partial charge in [0.25, 0.3) is 0 Å². The van der Waals surface area contributed by atoms with Crippen LogP contribution in [-0.4, -0.2) is 46.9 Å². The van der Waals surface area contributed by atoms with Gasteiger partial charge >= 0.3 is 5.97 Å². The third-order valence-corrected chi connectivity index (χ3v) is 4.25. The zero-order valence-corrected chi connectivity index (χ0v) is 12.4. The van der Waals surface area contributed by atoms with E-state index in [0.717, 1.165) is 10.4 Å². The fraction of sp³-hybridized carbons (Fsp3) is 0.357. The van der Waals surface area contributed by atoms with Crippen LogP contribution in [0.3, 0.4) is 0 Å². The van der Waals surface area contributed by atoms with Gasteiger partial charge in [0, 0.05) is 24.0 Å². The minimum absolute atomic E-state index is 0.316. The molecule has 2 rings (SSSR count). The molecule has 0 saturated carbocycles. The fourth-order valence-corrected chi connectivity index (χ4v) is 2.96. The van der Waals surface area contributed by atoms with E-state index in [-0.39, 0.29) is 12.3 Å². The summed E-state index contributed by atoms with van der Waals surface area (Å²) in [6.45, 7) is 2.60. The average Bonchev–Trinajstić information content (AvgIpc) is 2.83. The van der Waals surface area contributed by atoms with Crippen molar-refractivity contribution >= 4 is 35.2 Å². The summed E-state index contributed by atoms with van der Waals surface area (Å²) in [5, 5.41) is 13.4. The first-order valence-electron chi connectivity index (χ1n) is 6.51. The summed E-state index contributed by atoms with van der Waals surface area (Å²) in [5.41, 5.74) is 1.07. The quantitative estimate of drug-likeness (QED) is 0.808. The molecular formula is C14H16N2O4S. The lowest BCUT2D eigenvalue weighted by molar-refractivity contribution is -0.146. The number of hydrogen-bond donors (Lipinski definition) is 2. The van der Waals surface area contributed by atoms with Crippen molar-refractivity contribution in [3.05, 3.63) is 28.0 Å². The van der Waals surface area contributed by atoms with Crippen molar-refractivity contribution in [3.8, 4) is 0 Å². The van der Waals surface area contributed by atoms with Crippen LogP contribution in [0.2, 0.25) is 0 Å². The zero-order chi connectivity index (χ0) is 15.4. The zero-order valence-electron chi connectivity index (χ0n) is 11.5. The van der Waals surface area contributed by atoms with Crippen LogP contribution in [0, 0.1) is 6.92 Å². The topological polar surface area (TPSA) is 86.7 Å². The van der Waals surface area contributed by atoms with Crippen molar-refractivity contribution < 1.29 is 19.5 Å². The van der Waals surface area contributed by atoms with E-state index in [1.807, 2.05) is 18.4 Å². The van der Waals surface area contributed by atoms with Crippen LogP contribution in [0.5, 0.6) is 0 Å². The van der Waals surface area contributed by atoms with E-state index in [9.17, 15) is 14.4 Å². The van der Waals surface area contributed by atoms with E-state index in [0.29, 0.717) is 13.1 Å². The number of nitrogens with one attached hydrogen (secondary N) is 1. The maximum atomic E-state index is 12.2. The molecule has 2 N–H and O–H groups in total. The lowest BCUT2D eigenvalue weighted by Crippen LogP contribution is -2.57. The Morgan fingerprint density at radius 1 is 1.57 bits per heavy atom. The summed E-state index contributed by atoms with van der Waals surface area (Å²) >= 11 is 1.52. The minimum Gasteiger partial charge on any atom is -0.481 e. The molecule has 1 fully saturated rings. The normalized spacial score (nSPS) is 18.8. The van der Waals surface area contributed by atoms with Crippen molar-refractivity contribution in [2.75, 3.05) is 13.1 Å². The second-order valence-corrected chi connectivity index (χ2v) is 5.69. The third-order valence-electron chi connectivity index (χ3n) is 3.26. The van der Waals surface area contributed by atoms with Gasteiger partial charge in [-0.15, -0.1) is 11.3 Å². The SMILES string of the molecule is Cc1ccsc1C=CC(=O)N1CCNC(=O)C1CC(=O)O. The van der Waals surface area contributed by atoms with Gasteiger partial charge in [0.2, 0.25) is 11.8 Å². The van der Waals surface area contributed by atoms with E-state index in [1.54, 1.807) is 6.08 Å². The van der Waals surface area contributed by atoms with Crippen LogP contribution in [-0.2, 0) is 14.4 Å². The molecule has 0 aliphatic carbocycles. The monoisotopic (exact) mass is 308 g/mol. The molecular weight excluding hydrogens is 292 g/mol. The molecule has 0 radical (unpaired) electrons. The lowest BCUT2D eigenvalue weighted by Gasteiger charge is -2.33. The van der Waals surface area contributed by atoms with Crippen LogP contribution >= 0.6 is 11.3 Å². The predicted molar refractivity (Wildman–Crippen MR) is 78.9 cm³/mol. The van der Waals surface area contributed by atoms with Crippen molar-refractivity contribution in [1.29, 1.82) is 0 Å². The number of piperazine rings is 1. The van der Waals surface area contributed by atoms with Crippen LogP contribution in [0.15, 0.2) is 17.5 Å². The Morgan fingerprint density at radius 3 is 2.95 bits per heavy atom. The third kappa shape index (κ3) is 3.69. The number of rotatable bonds is 4. The number of carboxylic acid groups (broad SMARTS) is 1. The molecule has 2 amide bonds. The summed E-state index contributed by atoms with van der Waals surface area (Å²) in [4.78, 5) is 37.1. The molecule has 0 aromatic carbocycles. The molecule has 1 unspecified atom stereocenters. The van der Waals surface area contributed by atoms with Crippen molar-refractivity contribution in [2.24, 2.45) is 0 Å². The van der Waals surface area contributed by atoms with Crippen LogP contribution in [0.4, 0.5) is 0 Å². The van der Waals surface area contributed by atoms with E-state index in [1.165, 1.54) is 22.3 Å². The summed E-state index contributed by atoms with van der Waals surface area (Å²) in [7, 11) is 0. The Bertz CT molecular complexity index is 594. The summed E-state index contributed by atoms with van der Waals surface area (Å²) < 4.78 is 0. The smallest absolute Gasteiger partial charge is 0.305 e. The second-order valence-electron chi connectivity index (χ2n) is 4.74. The highest BCUT2D eigenvalue weighted by Crippen LogP contribution is 2.18. The summed E-state index contributed by atoms with van der Waals surface area (Å²) in [6.07, 6.45) is 2.71. The van der Waals surface area contributed by atoms with Crippen molar-refractivity contribution in [2.45, 2.75) is 19.4 Å². The molecule has 0 bridgehead atoms. The minimum atomic E-state index is -1.10. The molecule has 21 heavy (non-hydrogen) atoms. The first-order chi connectivity index (χ1) is 9.99. The van der Waals surface area contributed by atoms with Gasteiger partial charge < -0.3 is 15.3 Å². The van der Waals surface area contributed by atoms with E-state index < -0.39 is 17.9 Å². The maximum Gasteiger partial charge on any atom is 0.305 e. The number of amides is 2. The highest BCUT2D eigenvalue weighted by atomic mass is 32.1. The van der Waals surface area contributed by atoms with Crippen LogP contribution in [0.1, 0.15) is 16.9 Å². The summed E-state index contributed by atoms with van der Waals surface area (Å²) in [5.74, 6) is -1.87. The Morgan fingerprint density at radius 2 is 2.33 bits per heavy atom. The van der Waals surface area contributed by atoms with Crippen molar-refractivity contribution in [1.82, 2.24) is 10.2 Å². The number of aliphatic carboxylic acids is 1. The number of hydrogen-bond acceptors (Lipinski definition) is 4. The van der Waals surface area contributed by atoms with Crippen molar-refractivity contribution in [3.63, 3.8) is 0 Å². The molecule has 1 aromatic rings. The van der Waals surface area contributed by atoms with E-state index >= 15 is 0 Å². The Hall–Kier alpha value is -2.15. The largest absolute Gasteiger partial charge is 0.481 e. The molecule has 1 aromatic heterocycles. The molecule has 6 nitrogen and oxygen atoms in total. The first-order valence-corrected chi connectivity index (χ1v) is 7.39. The van der Waals surface area contributed by atoms with Gasteiger partial charge in [0.05, 0.1) is 6.42 Å². The van der Waals surface area contributed by atoms with Gasteiger partial charge in [0.15, 0.2) is 0 Å². The molecule has 7 heteroatoms. The Labute approximate surface area is 126 Å². The fourth-order valence-electron chi connectivity index (χ4n) is 2.14. The molecule has 0 spiro atoms. The molecule has 2 heterocycles. The Balaban J connectivity index is 2.12. The lowest BCUT2D eigenvalue weighted by atomic mass is 10.1. The van der Waals surface area contributed by atoms with E-state index in [2.05, 4.69) is 5.32 Å². The maximum absolute atomic E-state index is 12.2. The molecule has 1 aliphatic heterocycles. The van der Waals surface area contributed by atoms with E-state index in [4.69, 9.17) is 5.11 Å². The highest BCUT2D eigenvalue weighted by Gasteiger charge is 2.33. The molecule has 1 aliphatic rings. The highest BCUT2D eigenvalue weighted by molar-refractivity contribution is 7.11. The number of carboxylic acids is 1. The van der Waals surface area contributed by atoms with Gasteiger partial charge in [-0.25, -0.2) is 0 Å². The van der Waals surface area contributed by atoms with Gasteiger partial charge in [-0.05, 0) is 30.0 Å². The number of thiophene rings is 1. The number of nitrogens with zero attached hydrogens (tertiary/aromatic N) is 1. The molecule has 1 atom stereocenters. The number of aryl methyl sites for hydroxylation is 1. The first kappa shape index (κ1) is 15.2. The Kier molecular flexibility index (Phi) is 4.74. The average molecular weight is 308 g/mol. The van der Waals surface area contributed by atoms with Gasteiger partial charge in [-0.3, -0.25) is 14.4 Å². The summed E-state index contributed by atoms with van der Waals surface area (Å²) in [6, 6.07) is 1.01. The molecule has 112 valence electrons. The predicted octanol–water partition coefficient (Wildman–Crippen LogP) is 0.871. The van der Waals surface area contributed by atoms with Gasteiger partial charge in [-0.1, -0.05) is 0 Å².